The first-order valence-electron chi connectivity index (χ1n) is 6.57. The zero-order valence-corrected chi connectivity index (χ0v) is 11.0. The van der Waals surface area contributed by atoms with E-state index in [9.17, 15) is 4.79 Å². The van der Waals surface area contributed by atoms with Gasteiger partial charge in [-0.15, -0.1) is 0 Å². The van der Waals surface area contributed by atoms with Crippen molar-refractivity contribution in [1.82, 2.24) is 0 Å². The highest BCUT2D eigenvalue weighted by atomic mass is 16.1. The summed E-state index contributed by atoms with van der Waals surface area (Å²) in [7, 11) is 0. The van der Waals surface area contributed by atoms with E-state index in [0.717, 1.165) is 32.1 Å². The number of nitrogens with two attached hydrogens (primary N) is 1. The first-order chi connectivity index (χ1) is 8.19. The summed E-state index contributed by atoms with van der Waals surface area (Å²) >= 11 is 0. The van der Waals surface area contributed by atoms with Gasteiger partial charge in [-0.05, 0) is 36.0 Å². The molecule has 0 unspecified atom stereocenters. The van der Waals surface area contributed by atoms with Gasteiger partial charge in [0.2, 0.25) is 5.91 Å². The van der Waals surface area contributed by atoms with Gasteiger partial charge in [0.1, 0.15) is 0 Å². The van der Waals surface area contributed by atoms with Crippen LogP contribution in [0.1, 0.15) is 49.8 Å². The molecule has 0 aromatic heterocycles. The molecule has 0 fully saturated rings. The minimum Gasteiger partial charge on any atom is -0.370 e. The average molecular weight is 233 g/mol. The zero-order chi connectivity index (χ0) is 12.7. The highest BCUT2D eigenvalue weighted by molar-refractivity contribution is 5.74. The third kappa shape index (κ3) is 4.22. The minimum atomic E-state index is -0.214. The molecule has 0 saturated heterocycles. The van der Waals surface area contributed by atoms with Crippen LogP contribution >= 0.6 is 0 Å². The lowest BCUT2D eigenvalue weighted by Crippen LogP contribution is -2.12. The second-order valence-electron chi connectivity index (χ2n) is 4.52. The molecule has 0 aliphatic rings. The van der Waals surface area contributed by atoms with Crippen LogP contribution in [0.3, 0.4) is 0 Å². The van der Waals surface area contributed by atoms with Crippen molar-refractivity contribution in [1.29, 1.82) is 0 Å². The summed E-state index contributed by atoms with van der Waals surface area (Å²) in [6.07, 6.45) is 5.76. The third-order valence-corrected chi connectivity index (χ3v) is 3.03. The molecular weight excluding hydrogens is 210 g/mol. The van der Waals surface area contributed by atoms with Crippen molar-refractivity contribution in [3.05, 3.63) is 34.9 Å². The lowest BCUT2D eigenvalue weighted by Gasteiger charge is -2.13. The van der Waals surface area contributed by atoms with Gasteiger partial charge in [0.25, 0.3) is 0 Å². The van der Waals surface area contributed by atoms with Crippen LogP contribution in [0.5, 0.6) is 0 Å². The number of primary amides is 1. The predicted molar refractivity (Wildman–Crippen MR) is 71.9 cm³/mol. The summed E-state index contributed by atoms with van der Waals surface area (Å²) < 4.78 is 0. The molecule has 1 aromatic rings. The van der Waals surface area contributed by atoms with Crippen LogP contribution in [0.2, 0.25) is 0 Å². The highest BCUT2D eigenvalue weighted by Crippen LogP contribution is 2.20. The van der Waals surface area contributed by atoms with Crippen LogP contribution in [-0.2, 0) is 24.1 Å². The van der Waals surface area contributed by atoms with E-state index in [-0.39, 0.29) is 5.91 Å². The first-order valence-corrected chi connectivity index (χ1v) is 6.57. The van der Waals surface area contributed by atoms with Gasteiger partial charge in [0.05, 0.1) is 0 Å². The Kier molecular flexibility index (Phi) is 5.75. The lowest BCUT2D eigenvalue weighted by atomic mass is 9.92. The fraction of sp³-hybridized carbons (Fsp3) is 0.533. The van der Waals surface area contributed by atoms with Gasteiger partial charge in [0.15, 0.2) is 0 Å². The Bertz CT molecular complexity index is 371. The predicted octanol–water partition coefficient (Wildman–Crippen LogP) is 3.01. The molecule has 2 N–H and O–H groups in total. The highest BCUT2D eigenvalue weighted by Gasteiger charge is 2.08. The Morgan fingerprint density at radius 2 is 1.65 bits per heavy atom. The zero-order valence-electron chi connectivity index (χ0n) is 11.0. The second kappa shape index (κ2) is 7.10. The number of benzene rings is 1. The van der Waals surface area contributed by atoms with Gasteiger partial charge >= 0.3 is 0 Å². The van der Waals surface area contributed by atoms with E-state index in [2.05, 4.69) is 32.0 Å². The standard InChI is InChI=1S/C15H23NO/c1-3-6-12-8-5-9-13(10-11-15(16)17)14(12)7-4-2/h5,8-9H,3-4,6-7,10-11H2,1-2H3,(H2,16,17). The Balaban J connectivity index is 2.92. The molecule has 0 heterocycles. The molecule has 94 valence electrons. The Labute approximate surface area is 104 Å². The number of carbonyl (C=O) groups is 1. The van der Waals surface area contributed by atoms with Crippen molar-refractivity contribution >= 4 is 5.91 Å². The van der Waals surface area contributed by atoms with E-state index in [1.807, 2.05) is 0 Å². The molecule has 0 saturated carbocycles. The molecule has 1 amide bonds. The molecule has 0 atom stereocenters. The Morgan fingerprint density at radius 3 is 2.18 bits per heavy atom. The van der Waals surface area contributed by atoms with Crippen LogP contribution < -0.4 is 5.73 Å². The number of rotatable bonds is 7. The van der Waals surface area contributed by atoms with Gasteiger partial charge in [-0.2, -0.15) is 0 Å². The topological polar surface area (TPSA) is 43.1 Å². The van der Waals surface area contributed by atoms with Gasteiger partial charge in [0, 0.05) is 6.42 Å². The summed E-state index contributed by atoms with van der Waals surface area (Å²) in [5, 5.41) is 0. The molecule has 0 radical (unpaired) electrons. The molecule has 1 aromatic carbocycles. The SMILES string of the molecule is CCCc1cccc(CCC(N)=O)c1CCC. The molecular formula is C15H23NO. The molecule has 0 aliphatic carbocycles. The van der Waals surface area contributed by atoms with Crippen LogP contribution in [0, 0.1) is 0 Å². The molecule has 0 aliphatic heterocycles. The summed E-state index contributed by atoms with van der Waals surface area (Å²) in [5.74, 6) is -0.214. The van der Waals surface area contributed by atoms with E-state index < -0.39 is 0 Å². The van der Waals surface area contributed by atoms with Crippen LogP contribution in [0.15, 0.2) is 18.2 Å². The summed E-state index contributed by atoms with van der Waals surface area (Å²) in [5.41, 5.74) is 9.41. The summed E-state index contributed by atoms with van der Waals surface area (Å²) in [6, 6.07) is 6.44. The number of hydrogen-bond acceptors (Lipinski definition) is 1. The van der Waals surface area contributed by atoms with Gasteiger partial charge < -0.3 is 5.73 Å². The maximum absolute atomic E-state index is 10.9. The summed E-state index contributed by atoms with van der Waals surface area (Å²) in [6.45, 7) is 4.40. The van der Waals surface area contributed by atoms with Crippen LogP contribution in [-0.4, -0.2) is 5.91 Å². The largest absolute Gasteiger partial charge is 0.370 e. The van der Waals surface area contributed by atoms with E-state index in [0.29, 0.717) is 6.42 Å². The fourth-order valence-corrected chi connectivity index (χ4v) is 2.25. The fourth-order valence-electron chi connectivity index (χ4n) is 2.25. The van der Waals surface area contributed by atoms with Crippen molar-refractivity contribution < 1.29 is 4.79 Å². The maximum Gasteiger partial charge on any atom is 0.217 e. The maximum atomic E-state index is 10.9. The number of aryl methyl sites for hydroxylation is 2. The van der Waals surface area contributed by atoms with E-state index in [4.69, 9.17) is 5.73 Å². The van der Waals surface area contributed by atoms with Crippen molar-refractivity contribution in [3.63, 3.8) is 0 Å². The minimum absolute atomic E-state index is 0.214. The van der Waals surface area contributed by atoms with Gasteiger partial charge in [-0.3, -0.25) is 4.79 Å². The van der Waals surface area contributed by atoms with Crippen LogP contribution in [0.25, 0.3) is 0 Å². The molecule has 17 heavy (non-hydrogen) atoms. The number of amides is 1. The molecule has 0 bridgehead atoms. The second-order valence-corrected chi connectivity index (χ2v) is 4.52. The van der Waals surface area contributed by atoms with Crippen molar-refractivity contribution in [2.75, 3.05) is 0 Å². The third-order valence-electron chi connectivity index (χ3n) is 3.03. The lowest BCUT2D eigenvalue weighted by molar-refractivity contribution is -0.117. The molecule has 0 spiro atoms. The first kappa shape index (κ1) is 13.8. The van der Waals surface area contributed by atoms with Crippen molar-refractivity contribution in [3.8, 4) is 0 Å². The van der Waals surface area contributed by atoms with E-state index >= 15 is 0 Å². The van der Waals surface area contributed by atoms with Crippen molar-refractivity contribution in [2.24, 2.45) is 5.73 Å². The monoisotopic (exact) mass is 233 g/mol. The molecule has 2 nitrogen and oxygen atoms in total. The number of carbonyl (C=O) groups excluding carboxylic acids is 1. The van der Waals surface area contributed by atoms with Gasteiger partial charge in [-0.1, -0.05) is 44.9 Å². The molecule has 1 rings (SSSR count). The van der Waals surface area contributed by atoms with Crippen molar-refractivity contribution in [2.45, 2.75) is 52.4 Å². The average Bonchev–Trinajstić information content (AvgIpc) is 2.30. The Hall–Kier alpha value is -1.31. The smallest absolute Gasteiger partial charge is 0.217 e. The Morgan fingerprint density at radius 1 is 1.06 bits per heavy atom. The quantitative estimate of drug-likeness (QED) is 0.773. The van der Waals surface area contributed by atoms with Gasteiger partial charge in [-0.25, -0.2) is 0 Å². The number of hydrogen-bond donors (Lipinski definition) is 1. The van der Waals surface area contributed by atoms with Crippen LogP contribution in [0.4, 0.5) is 0 Å². The normalized spacial score (nSPS) is 10.5. The van der Waals surface area contributed by atoms with E-state index in [1.54, 1.807) is 0 Å². The van der Waals surface area contributed by atoms with E-state index in [1.165, 1.54) is 16.7 Å². The molecule has 2 heteroatoms. The summed E-state index contributed by atoms with van der Waals surface area (Å²) in [4.78, 5) is 10.9.